The van der Waals surface area contributed by atoms with Gasteiger partial charge in [0, 0.05) is 37.6 Å². The topological polar surface area (TPSA) is 18.8 Å². The highest BCUT2D eigenvalue weighted by atomic mass is 32.1. The maximum absolute atomic E-state index is 4.80. The van der Waals surface area contributed by atoms with Gasteiger partial charge in [-0.15, -0.1) is 11.3 Å². The Kier molecular flexibility index (Phi) is 4.81. The minimum absolute atomic E-state index is 0.994. The molecule has 1 aromatic heterocycles. The quantitative estimate of drug-likeness (QED) is 0.648. The van der Waals surface area contributed by atoms with Gasteiger partial charge in [-0.2, -0.15) is 5.10 Å². The van der Waals surface area contributed by atoms with Gasteiger partial charge >= 0.3 is 0 Å². The largest absolute Gasteiger partial charge is 0.295 e. The average molecular weight is 350 g/mol. The lowest BCUT2D eigenvalue weighted by Gasteiger charge is -2.33. The van der Waals surface area contributed by atoms with Crippen molar-refractivity contribution in [1.82, 2.24) is 9.91 Å². The van der Waals surface area contributed by atoms with Gasteiger partial charge < -0.3 is 0 Å². The van der Waals surface area contributed by atoms with Gasteiger partial charge in [0.15, 0.2) is 0 Å². The standard InChI is InChI=1S/C21H23N3S/c1-17(21-10-5-15-25-21)22-24-13-11-23(12-14-24)16-19-8-4-7-18-6-2-3-9-20(18)19/h2-10,15H,11-14,16H2,1H3. The predicted octanol–water partition coefficient (Wildman–Crippen LogP) is 4.44. The van der Waals surface area contributed by atoms with Crippen molar-refractivity contribution in [2.45, 2.75) is 13.5 Å². The molecule has 1 aliphatic heterocycles. The molecule has 128 valence electrons. The Balaban J connectivity index is 1.40. The fraction of sp³-hybridized carbons (Fsp3) is 0.286. The summed E-state index contributed by atoms with van der Waals surface area (Å²) in [6, 6.07) is 19.5. The maximum Gasteiger partial charge on any atom is 0.0746 e. The second-order valence-electron chi connectivity index (χ2n) is 6.53. The lowest BCUT2D eigenvalue weighted by molar-refractivity contribution is 0.131. The first-order chi connectivity index (χ1) is 12.3. The van der Waals surface area contributed by atoms with Crippen LogP contribution in [0, 0.1) is 0 Å². The number of thiophene rings is 1. The first-order valence-electron chi connectivity index (χ1n) is 8.82. The minimum Gasteiger partial charge on any atom is -0.295 e. The molecule has 3 nitrogen and oxygen atoms in total. The Hall–Kier alpha value is -2.17. The molecule has 0 aliphatic carbocycles. The Morgan fingerprint density at radius 3 is 2.56 bits per heavy atom. The van der Waals surface area contributed by atoms with E-state index in [0.29, 0.717) is 0 Å². The van der Waals surface area contributed by atoms with Crippen molar-refractivity contribution in [2.24, 2.45) is 5.10 Å². The van der Waals surface area contributed by atoms with Crippen molar-refractivity contribution in [3.63, 3.8) is 0 Å². The fourth-order valence-electron chi connectivity index (χ4n) is 3.41. The summed E-state index contributed by atoms with van der Waals surface area (Å²) in [7, 11) is 0. The van der Waals surface area contributed by atoms with Crippen LogP contribution in [-0.2, 0) is 6.54 Å². The molecular weight excluding hydrogens is 326 g/mol. The first kappa shape index (κ1) is 16.3. The van der Waals surface area contributed by atoms with E-state index in [9.17, 15) is 0 Å². The third kappa shape index (κ3) is 3.75. The summed E-state index contributed by atoms with van der Waals surface area (Å²) in [6.07, 6.45) is 0. The van der Waals surface area contributed by atoms with Crippen LogP contribution in [0.4, 0.5) is 0 Å². The molecule has 1 saturated heterocycles. The molecule has 0 amide bonds. The van der Waals surface area contributed by atoms with Gasteiger partial charge in [-0.1, -0.05) is 48.5 Å². The lowest BCUT2D eigenvalue weighted by Crippen LogP contribution is -2.43. The number of rotatable bonds is 4. The molecule has 2 aromatic carbocycles. The highest BCUT2D eigenvalue weighted by Crippen LogP contribution is 2.20. The monoisotopic (exact) mass is 349 g/mol. The van der Waals surface area contributed by atoms with Crippen molar-refractivity contribution < 1.29 is 0 Å². The van der Waals surface area contributed by atoms with Gasteiger partial charge in [0.1, 0.15) is 0 Å². The molecule has 4 heteroatoms. The molecular formula is C21H23N3S. The van der Waals surface area contributed by atoms with E-state index in [2.05, 4.69) is 76.8 Å². The molecule has 4 rings (SSSR count). The zero-order valence-electron chi connectivity index (χ0n) is 14.6. The van der Waals surface area contributed by atoms with Crippen LogP contribution in [0.15, 0.2) is 65.1 Å². The number of hydrogen-bond acceptors (Lipinski definition) is 4. The normalized spacial score (nSPS) is 16.5. The molecule has 3 aromatic rings. The number of benzene rings is 2. The lowest BCUT2D eigenvalue weighted by atomic mass is 10.0. The Morgan fingerprint density at radius 2 is 1.76 bits per heavy atom. The molecule has 0 spiro atoms. The molecule has 0 N–H and O–H groups in total. The van der Waals surface area contributed by atoms with E-state index in [0.717, 1.165) is 38.4 Å². The number of piperazine rings is 1. The molecule has 0 atom stereocenters. The van der Waals surface area contributed by atoms with Crippen LogP contribution in [0.3, 0.4) is 0 Å². The number of fused-ring (bicyclic) bond motifs is 1. The van der Waals surface area contributed by atoms with Crippen LogP contribution >= 0.6 is 11.3 Å². The summed E-state index contributed by atoms with van der Waals surface area (Å²) in [6.45, 7) is 7.23. The Bertz CT molecular complexity index is 856. The highest BCUT2D eigenvalue weighted by Gasteiger charge is 2.17. The molecule has 1 aliphatic rings. The van der Waals surface area contributed by atoms with Crippen LogP contribution in [0.2, 0.25) is 0 Å². The van der Waals surface area contributed by atoms with E-state index in [1.807, 2.05) is 0 Å². The Labute approximate surface area is 153 Å². The average Bonchev–Trinajstić information content (AvgIpc) is 3.19. The number of hydrogen-bond donors (Lipinski definition) is 0. The SMILES string of the molecule is CC(=NN1CCN(Cc2cccc3ccccc23)CC1)c1cccs1. The van der Waals surface area contributed by atoms with Crippen molar-refractivity contribution in [2.75, 3.05) is 26.2 Å². The van der Waals surface area contributed by atoms with Crippen molar-refractivity contribution >= 4 is 27.8 Å². The first-order valence-corrected chi connectivity index (χ1v) is 9.70. The summed E-state index contributed by atoms with van der Waals surface area (Å²) >= 11 is 1.76. The van der Waals surface area contributed by atoms with Crippen molar-refractivity contribution in [1.29, 1.82) is 0 Å². The predicted molar refractivity (Wildman–Crippen MR) is 107 cm³/mol. The number of hydrazone groups is 1. The van der Waals surface area contributed by atoms with E-state index < -0.39 is 0 Å². The fourth-order valence-corrected chi connectivity index (χ4v) is 4.08. The van der Waals surface area contributed by atoms with E-state index in [-0.39, 0.29) is 0 Å². The molecule has 0 saturated carbocycles. The number of nitrogens with zero attached hydrogens (tertiary/aromatic N) is 3. The second-order valence-corrected chi connectivity index (χ2v) is 7.48. The highest BCUT2D eigenvalue weighted by molar-refractivity contribution is 7.12. The van der Waals surface area contributed by atoms with Gasteiger partial charge in [-0.25, -0.2) is 0 Å². The van der Waals surface area contributed by atoms with Gasteiger partial charge in [-0.3, -0.25) is 9.91 Å². The summed E-state index contributed by atoms with van der Waals surface area (Å²) in [5, 5.41) is 11.8. The van der Waals surface area contributed by atoms with Crippen LogP contribution in [0.1, 0.15) is 17.4 Å². The smallest absolute Gasteiger partial charge is 0.0746 e. The third-order valence-corrected chi connectivity index (χ3v) is 5.77. The van der Waals surface area contributed by atoms with Crippen LogP contribution in [-0.4, -0.2) is 41.8 Å². The summed E-state index contributed by atoms with van der Waals surface area (Å²) in [4.78, 5) is 3.80. The van der Waals surface area contributed by atoms with Crippen LogP contribution in [0.25, 0.3) is 10.8 Å². The zero-order chi connectivity index (χ0) is 17.1. The third-order valence-electron chi connectivity index (χ3n) is 4.79. The van der Waals surface area contributed by atoms with E-state index in [4.69, 9.17) is 5.10 Å². The van der Waals surface area contributed by atoms with Gasteiger partial charge in [0.05, 0.1) is 5.71 Å². The molecule has 0 unspecified atom stereocenters. The van der Waals surface area contributed by atoms with Gasteiger partial charge in [-0.05, 0) is 34.7 Å². The van der Waals surface area contributed by atoms with E-state index in [1.165, 1.54) is 21.2 Å². The molecule has 0 bridgehead atoms. The van der Waals surface area contributed by atoms with Crippen LogP contribution in [0.5, 0.6) is 0 Å². The second kappa shape index (κ2) is 7.38. The molecule has 2 heterocycles. The van der Waals surface area contributed by atoms with Crippen LogP contribution < -0.4 is 0 Å². The maximum atomic E-state index is 4.80. The molecule has 1 fully saturated rings. The summed E-state index contributed by atoms with van der Waals surface area (Å²) < 4.78 is 0. The van der Waals surface area contributed by atoms with E-state index in [1.54, 1.807) is 11.3 Å². The van der Waals surface area contributed by atoms with Crippen molar-refractivity contribution in [3.05, 3.63) is 70.4 Å². The van der Waals surface area contributed by atoms with E-state index >= 15 is 0 Å². The molecule has 0 radical (unpaired) electrons. The summed E-state index contributed by atoms with van der Waals surface area (Å²) in [5.41, 5.74) is 2.54. The minimum atomic E-state index is 0.994. The zero-order valence-corrected chi connectivity index (χ0v) is 15.4. The van der Waals surface area contributed by atoms with Crippen molar-refractivity contribution in [3.8, 4) is 0 Å². The summed E-state index contributed by atoms with van der Waals surface area (Å²) in [5.74, 6) is 0. The van der Waals surface area contributed by atoms with Gasteiger partial charge in [0.25, 0.3) is 0 Å². The van der Waals surface area contributed by atoms with Gasteiger partial charge in [0.2, 0.25) is 0 Å². The Morgan fingerprint density at radius 1 is 0.960 bits per heavy atom. The molecule has 25 heavy (non-hydrogen) atoms.